The van der Waals surface area contributed by atoms with Crippen LogP contribution < -0.4 is 5.32 Å². The number of aliphatic carboxylic acids is 1. The summed E-state index contributed by atoms with van der Waals surface area (Å²) in [7, 11) is 0. The number of fused-ring (bicyclic) bond motifs is 3. The lowest BCUT2D eigenvalue weighted by Gasteiger charge is -2.18. The van der Waals surface area contributed by atoms with Crippen LogP contribution >= 0.6 is 0 Å². The largest absolute Gasteiger partial charge is 0.480 e. The molecule has 0 heterocycles. The molecule has 36 heavy (non-hydrogen) atoms. The van der Waals surface area contributed by atoms with Crippen molar-refractivity contribution < 1.29 is 45.8 Å². The van der Waals surface area contributed by atoms with Gasteiger partial charge in [-0.3, -0.25) is 0 Å². The number of carboxylic acids is 1. The highest BCUT2D eigenvalue weighted by molar-refractivity contribution is 5.81. The number of carbonyl (C=O) groups is 2. The zero-order chi connectivity index (χ0) is 26.2. The lowest BCUT2D eigenvalue weighted by Crippen LogP contribution is -2.43. The van der Waals surface area contributed by atoms with Crippen LogP contribution in [-0.2, 0) is 22.1 Å². The number of alkyl carbamates (subject to hydrolysis) is 1. The third-order valence-electron chi connectivity index (χ3n) is 5.90. The highest BCUT2D eigenvalue weighted by atomic mass is 19.4. The van der Waals surface area contributed by atoms with Crippen LogP contribution in [0.15, 0.2) is 54.6 Å². The van der Waals surface area contributed by atoms with Gasteiger partial charge in [-0.1, -0.05) is 48.5 Å². The Kier molecular flexibility index (Phi) is 6.66. The summed E-state index contributed by atoms with van der Waals surface area (Å²) in [5, 5.41) is 11.3. The standard InChI is InChI=1S/C25H17F6NO4/c26-19-10-18(25(29,30)31)22(28)21(27)16(19)9-20(23(33)34)32-24(35)36-11-17-14-7-3-1-5-12(14)13-6-2-4-8-15(13)17/h1-8,10,17,20H,9,11H2,(H,32,35)(H,33,34). The smallest absolute Gasteiger partial charge is 0.419 e. The molecule has 0 fully saturated rings. The first-order valence-electron chi connectivity index (χ1n) is 10.6. The Morgan fingerprint density at radius 2 is 1.50 bits per heavy atom. The third kappa shape index (κ3) is 4.73. The fraction of sp³-hybridized carbons (Fsp3) is 0.200. The van der Waals surface area contributed by atoms with Crippen LogP contribution in [0.3, 0.4) is 0 Å². The number of rotatable bonds is 6. The molecular weight excluding hydrogens is 492 g/mol. The number of carbonyl (C=O) groups excluding carboxylic acids is 1. The average molecular weight is 509 g/mol. The fourth-order valence-corrected chi connectivity index (χ4v) is 4.21. The molecule has 1 aliphatic carbocycles. The van der Waals surface area contributed by atoms with E-state index >= 15 is 0 Å². The van der Waals surface area contributed by atoms with E-state index in [1.54, 1.807) is 0 Å². The van der Waals surface area contributed by atoms with Crippen LogP contribution in [0.2, 0.25) is 0 Å². The maximum atomic E-state index is 14.2. The molecule has 1 amide bonds. The maximum absolute atomic E-state index is 14.2. The molecule has 0 saturated carbocycles. The number of alkyl halides is 3. The van der Waals surface area contributed by atoms with Crippen molar-refractivity contribution in [3.63, 3.8) is 0 Å². The topological polar surface area (TPSA) is 75.6 Å². The number of hydrogen-bond donors (Lipinski definition) is 2. The number of halogens is 6. The van der Waals surface area contributed by atoms with Gasteiger partial charge in [0.2, 0.25) is 0 Å². The molecule has 1 aliphatic rings. The predicted molar refractivity (Wildman–Crippen MR) is 115 cm³/mol. The van der Waals surface area contributed by atoms with Gasteiger partial charge in [-0.2, -0.15) is 13.2 Å². The van der Waals surface area contributed by atoms with E-state index in [2.05, 4.69) is 0 Å². The van der Waals surface area contributed by atoms with Crippen molar-refractivity contribution in [1.82, 2.24) is 5.32 Å². The molecule has 3 aromatic carbocycles. The van der Waals surface area contributed by atoms with Crippen LogP contribution in [-0.4, -0.2) is 29.8 Å². The number of nitrogens with one attached hydrogen (secondary N) is 1. The molecule has 2 N–H and O–H groups in total. The van der Waals surface area contributed by atoms with Crippen molar-refractivity contribution in [3.05, 3.63) is 94.3 Å². The van der Waals surface area contributed by atoms with Gasteiger partial charge in [0.15, 0.2) is 11.6 Å². The zero-order valence-electron chi connectivity index (χ0n) is 18.2. The zero-order valence-corrected chi connectivity index (χ0v) is 18.2. The monoisotopic (exact) mass is 509 g/mol. The first kappa shape index (κ1) is 25.1. The molecule has 11 heteroatoms. The van der Waals surface area contributed by atoms with Crippen LogP contribution in [0.25, 0.3) is 11.1 Å². The molecule has 0 aliphatic heterocycles. The van der Waals surface area contributed by atoms with E-state index in [-0.39, 0.29) is 18.6 Å². The van der Waals surface area contributed by atoms with Crippen molar-refractivity contribution in [2.24, 2.45) is 0 Å². The van der Waals surface area contributed by atoms with E-state index in [4.69, 9.17) is 4.74 Å². The van der Waals surface area contributed by atoms with Crippen LogP contribution in [0.1, 0.15) is 28.2 Å². The summed E-state index contributed by atoms with van der Waals surface area (Å²) >= 11 is 0. The number of amides is 1. The number of hydrogen-bond acceptors (Lipinski definition) is 3. The quantitative estimate of drug-likeness (QED) is 0.332. The molecule has 0 radical (unpaired) electrons. The minimum Gasteiger partial charge on any atom is -0.480 e. The molecule has 188 valence electrons. The molecule has 0 aromatic heterocycles. The summed E-state index contributed by atoms with van der Waals surface area (Å²) in [6.07, 6.45) is -7.76. The van der Waals surface area contributed by atoms with E-state index in [0.717, 1.165) is 22.3 Å². The SMILES string of the molecule is O=C(NC(Cc1c(F)cc(C(F)(F)F)c(F)c1F)C(=O)O)OCC1c2ccccc2-c2ccccc21. The Morgan fingerprint density at radius 1 is 0.944 bits per heavy atom. The van der Waals surface area contributed by atoms with Crippen molar-refractivity contribution in [3.8, 4) is 11.1 Å². The molecule has 1 unspecified atom stereocenters. The molecule has 0 bridgehead atoms. The van der Waals surface area contributed by atoms with E-state index in [9.17, 15) is 41.0 Å². The lowest BCUT2D eigenvalue weighted by atomic mass is 9.98. The second-order valence-electron chi connectivity index (χ2n) is 8.08. The minimum absolute atomic E-state index is 0.191. The Morgan fingerprint density at radius 3 is 2.03 bits per heavy atom. The molecule has 0 spiro atoms. The molecule has 1 atom stereocenters. The Hall–Kier alpha value is -4.02. The van der Waals surface area contributed by atoms with Crippen molar-refractivity contribution in [1.29, 1.82) is 0 Å². The summed E-state index contributed by atoms with van der Waals surface area (Å²) in [5.41, 5.74) is 0.224. The Labute approximate surface area is 200 Å². The van der Waals surface area contributed by atoms with Gasteiger partial charge in [-0.05, 0) is 28.3 Å². The number of benzene rings is 3. The minimum atomic E-state index is -5.37. The van der Waals surface area contributed by atoms with E-state index in [1.165, 1.54) is 0 Å². The van der Waals surface area contributed by atoms with Gasteiger partial charge in [-0.25, -0.2) is 22.8 Å². The van der Waals surface area contributed by atoms with Gasteiger partial charge in [0.1, 0.15) is 18.5 Å². The average Bonchev–Trinajstić information content (AvgIpc) is 3.15. The fourth-order valence-electron chi connectivity index (χ4n) is 4.21. The third-order valence-corrected chi connectivity index (χ3v) is 5.90. The van der Waals surface area contributed by atoms with Crippen molar-refractivity contribution >= 4 is 12.1 Å². The maximum Gasteiger partial charge on any atom is 0.419 e. The summed E-state index contributed by atoms with van der Waals surface area (Å²) < 4.78 is 85.7. The Balaban J connectivity index is 1.49. The first-order valence-corrected chi connectivity index (χ1v) is 10.6. The van der Waals surface area contributed by atoms with E-state index < -0.39 is 59.3 Å². The van der Waals surface area contributed by atoms with Gasteiger partial charge in [0.25, 0.3) is 0 Å². The van der Waals surface area contributed by atoms with Gasteiger partial charge >= 0.3 is 18.2 Å². The molecule has 0 saturated heterocycles. The highest BCUT2D eigenvalue weighted by Crippen LogP contribution is 2.44. The second-order valence-corrected chi connectivity index (χ2v) is 8.08. The number of ether oxygens (including phenoxy) is 1. The van der Waals surface area contributed by atoms with Gasteiger partial charge in [0, 0.05) is 17.9 Å². The predicted octanol–water partition coefficient (Wildman–Crippen LogP) is 5.66. The summed E-state index contributed by atoms with van der Waals surface area (Å²) in [5.74, 6) is -8.48. The van der Waals surface area contributed by atoms with Crippen LogP contribution in [0.5, 0.6) is 0 Å². The normalized spacial score (nSPS) is 13.6. The number of carboxylic acid groups (broad SMARTS) is 1. The molecule has 5 nitrogen and oxygen atoms in total. The van der Waals surface area contributed by atoms with Gasteiger partial charge in [0.05, 0.1) is 5.56 Å². The van der Waals surface area contributed by atoms with Crippen LogP contribution in [0.4, 0.5) is 31.1 Å². The first-order chi connectivity index (χ1) is 17.0. The summed E-state index contributed by atoms with van der Waals surface area (Å²) in [6, 6.07) is 12.6. The second kappa shape index (κ2) is 9.56. The molecular formula is C25H17F6NO4. The summed E-state index contributed by atoms with van der Waals surface area (Å²) in [4.78, 5) is 23.9. The highest BCUT2D eigenvalue weighted by Gasteiger charge is 2.38. The summed E-state index contributed by atoms with van der Waals surface area (Å²) in [6.45, 7) is -0.191. The van der Waals surface area contributed by atoms with E-state index in [1.807, 2.05) is 53.8 Å². The molecule has 4 rings (SSSR count). The van der Waals surface area contributed by atoms with Gasteiger partial charge < -0.3 is 15.2 Å². The van der Waals surface area contributed by atoms with Gasteiger partial charge in [-0.15, -0.1) is 0 Å². The van der Waals surface area contributed by atoms with Crippen molar-refractivity contribution in [2.45, 2.75) is 24.6 Å². The van der Waals surface area contributed by atoms with Crippen molar-refractivity contribution in [2.75, 3.05) is 6.61 Å². The molecule has 3 aromatic rings. The lowest BCUT2D eigenvalue weighted by molar-refractivity contribution is -0.141. The van der Waals surface area contributed by atoms with Crippen LogP contribution in [0, 0.1) is 17.5 Å². The van der Waals surface area contributed by atoms with E-state index in [0.29, 0.717) is 0 Å². The Bertz CT molecular complexity index is 1300.